The number of carbonyl (C=O) groups excluding carboxylic acids is 2. The molecule has 0 spiro atoms. The van der Waals surface area contributed by atoms with Crippen LogP contribution in [0.15, 0.2) is 60.7 Å². The van der Waals surface area contributed by atoms with Gasteiger partial charge in [-0.05, 0) is 60.0 Å². The van der Waals surface area contributed by atoms with Crippen LogP contribution in [-0.4, -0.2) is 11.8 Å². The minimum absolute atomic E-state index is 0.592. The number of aryl methyl sites for hydroxylation is 2. The maximum Gasteiger partial charge on any atom is 0.314 e. The normalized spacial score (nSPS) is 10.4. The molecule has 0 aliphatic carbocycles. The molecule has 2 amide bonds. The van der Waals surface area contributed by atoms with Crippen LogP contribution in [0.25, 0.3) is 10.8 Å². The van der Waals surface area contributed by atoms with E-state index in [0.29, 0.717) is 11.4 Å². The average molecular weight is 318 g/mol. The third kappa shape index (κ3) is 3.60. The Morgan fingerprint density at radius 1 is 0.667 bits per heavy atom. The molecule has 3 rings (SSSR count). The van der Waals surface area contributed by atoms with E-state index >= 15 is 0 Å². The van der Waals surface area contributed by atoms with Gasteiger partial charge in [-0.1, -0.05) is 36.4 Å². The van der Waals surface area contributed by atoms with Gasteiger partial charge in [0.25, 0.3) is 0 Å². The maximum atomic E-state index is 12.1. The average Bonchev–Trinajstić information content (AvgIpc) is 2.53. The summed E-state index contributed by atoms with van der Waals surface area (Å²) in [7, 11) is 0. The maximum absolute atomic E-state index is 12.1. The summed E-state index contributed by atoms with van der Waals surface area (Å²) in [5.41, 5.74) is 3.26. The molecule has 0 unspecified atom stereocenters. The van der Waals surface area contributed by atoms with Crippen LogP contribution in [0.3, 0.4) is 0 Å². The largest absolute Gasteiger partial charge is 0.318 e. The van der Waals surface area contributed by atoms with Crippen LogP contribution in [0.4, 0.5) is 11.4 Å². The number of amides is 2. The first-order chi connectivity index (χ1) is 11.5. The highest BCUT2D eigenvalue weighted by atomic mass is 16.2. The van der Waals surface area contributed by atoms with Crippen molar-refractivity contribution >= 4 is 34.0 Å². The fraction of sp³-hybridized carbons (Fsp3) is 0.100. The summed E-state index contributed by atoms with van der Waals surface area (Å²) >= 11 is 0. The Kier molecular flexibility index (Phi) is 4.29. The lowest BCUT2D eigenvalue weighted by molar-refractivity contribution is -0.132. The molecule has 0 atom stereocenters. The summed E-state index contributed by atoms with van der Waals surface area (Å²) < 4.78 is 0. The number of benzene rings is 3. The van der Waals surface area contributed by atoms with Gasteiger partial charge in [0.15, 0.2) is 0 Å². The zero-order valence-electron chi connectivity index (χ0n) is 13.6. The molecule has 0 saturated heterocycles. The smallest absolute Gasteiger partial charge is 0.314 e. The van der Waals surface area contributed by atoms with E-state index in [9.17, 15) is 9.59 Å². The molecule has 4 heteroatoms. The van der Waals surface area contributed by atoms with Crippen molar-refractivity contribution in [3.63, 3.8) is 0 Å². The van der Waals surface area contributed by atoms with Crippen LogP contribution in [0.1, 0.15) is 11.1 Å². The minimum atomic E-state index is -0.690. The first-order valence-electron chi connectivity index (χ1n) is 7.71. The highest BCUT2D eigenvalue weighted by Gasteiger charge is 2.14. The van der Waals surface area contributed by atoms with Crippen molar-refractivity contribution in [2.75, 3.05) is 10.6 Å². The summed E-state index contributed by atoms with van der Waals surface area (Å²) in [6, 6.07) is 19.0. The Hall–Kier alpha value is -3.14. The number of hydrogen-bond donors (Lipinski definition) is 2. The lowest BCUT2D eigenvalue weighted by atomic mass is 10.1. The van der Waals surface area contributed by atoms with E-state index in [0.717, 1.165) is 21.9 Å². The van der Waals surface area contributed by atoms with Crippen molar-refractivity contribution in [3.05, 3.63) is 71.8 Å². The molecular weight excluding hydrogens is 300 g/mol. The summed E-state index contributed by atoms with van der Waals surface area (Å²) in [4.78, 5) is 24.2. The molecule has 0 aliphatic heterocycles. The van der Waals surface area contributed by atoms with Crippen molar-refractivity contribution in [2.24, 2.45) is 0 Å². The second-order valence-corrected chi connectivity index (χ2v) is 5.85. The highest BCUT2D eigenvalue weighted by molar-refractivity contribution is 6.43. The van der Waals surface area contributed by atoms with E-state index in [-0.39, 0.29) is 0 Å². The van der Waals surface area contributed by atoms with Gasteiger partial charge in [0.1, 0.15) is 0 Å². The van der Waals surface area contributed by atoms with Crippen LogP contribution < -0.4 is 10.6 Å². The Balaban J connectivity index is 1.72. The Morgan fingerprint density at radius 3 is 1.92 bits per heavy atom. The topological polar surface area (TPSA) is 58.2 Å². The van der Waals surface area contributed by atoms with Gasteiger partial charge in [0.2, 0.25) is 0 Å². The van der Waals surface area contributed by atoms with Gasteiger partial charge in [0, 0.05) is 11.4 Å². The highest BCUT2D eigenvalue weighted by Crippen LogP contribution is 2.19. The standard InChI is InChI=1S/C20H18N2O2/c1-13-9-14(2)11-18(10-13)22-20(24)19(23)21-17-8-7-15-5-3-4-6-16(15)12-17/h3-12H,1-2H3,(H,21,23)(H,22,24). The Bertz CT molecular complexity index is 912. The fourth-order valence-electron chi connectivity index (χ4n) is 2.69. The lowest BCUT2D eigenvalue weighted by Crippen LogP contribution is -2.29. The molecule has 120 valence electrons. The van der Waals surface area contributed by atoms with Crippen LogP contribution in [-0.2, 0) is 9.59 Å². The van der Waals surface area contributed by atoms with Crippen molar-refractivity contribution in [2.45, 2.75) is 13.8 Å². The van der Waals surface area contributed by atoms with Gasteiger partial charge >= 0.3 is 11.8 Å². The van der Waals surface area contributed by atoms with E-state index in [2.05, 4.69) is 10.6 Å². The van der Waals surface area contributed by atoms with E-state index < -0.39 is 11.8 Å². The molecule has 4 nitrogen and oxygen atoms in total. The summed E-state index contributed by atoms with van der Waals surface area (Å²) in [5.74, 6) is -1.38. The number of carbonyl (C=O) groups is 2. The van der Waals surface area contributed by atoms with E-state index in [4.69, 9.17) is 0 Å². The molecule has 0 fully saturated rings. The molecule has 3 aromatic rings. The third-order valence-corrected chi connectivity index (χ3v) is 3.69. The van der Waals surface area contributed by atoms with Crippen LogP contribution in [0, 0.1) is 13.8 Å². The van der Waals surface area contributed by atoms with E-state index in [1.54, 1.807) is 6.07 Å². The SMILES string of the molecule is Cc1cc(C)cc(NC(=O)C(=O)Nc2ccc3ccccc3c2)c1. The Labute approximate surface area is 140 Å². The van der Waals surface area contributed by atoms with Crippen molar-refractivity contribution < 1.29 is 9.59 Å². The molecular formula is C20H18N2O2. The molecule has 0 radical (unpaired) electrons. The van der Waals surface area contributed by atoms with Gasteiger partial charge in [0.05, 0.1) is 0 Å². The molecule has 0 aliphatic rings. The van der Waals surface area contributed by atoms with Crippen molar-refractivity contribution in [1.29, 1.82) is 0 Å². The predicted molar refractivity (Wildman–Crippen MR) is 97.1 cm³/mol. The zero-order valence-corrected chi connectivity index (χ0v) is 13.6. The quantitative estimate of drug-likeness (QED) is 0.701. The van der Waals surface area contributed by atoms with E-state index in [1.165, 1.54) is 0 Å². The molecule has 3 aromatic carbocycles. The minimum Gasteiger partial charge on any atom is -0.318 e. The first-order valence-corrected chi connectivity index (χ1v) is 7.71. The monoisotopic (exact) mass is 318 g/mol. The summed E-state index contributed by atoms with van der Waals surface area (Å²) in [6.45, 7) is 3.88. The Morgan fingerprint density at radius 2 is 1.25 bits per heavy atom. The molecule has 0 heterocycles. The number of rotatable bonds is 2. The zero-order chi connectivity index (χ0) is 17.1. The molecule has 0 aromatic heterocycles. The molecule has 24 heavy (non-hydrogen) atoms. The first kappa shape index (κ1) is 15.7. The second kappa shape index (κ2) is 6.54. The summed E-state index contributed by atoms with van der Waals surface area (Å²) in [6.07, 6.45) is 0. The number of anilines is 2. The molecule has 0 saturated carbocycles. The van der Waals surface area contributed by atoms with Gasteiger partial charge < -0.3 is 10.6 Å². The van der Waals surface area contributed by atoms with Gasteiger partial charge in [-0.25, -0.2) is 0 Å². The number of nitrogens with one attached hydrogen (secondary N) is 2. The second-order valence-electron chi connectivity index (χ2n) is 5.85. The molecule has 0 bridgehead atoms. The van der Waals surface area contributed by atoms with Crippen molar-refractivity contribution in [3.8, 4) is 0 Å². The molecule has 2 N–H and O–H groups in total. The fourth-order valence-corrected chi connectivity index (χ4v) is 2.69. The summed E-state index contributed by atoms with van der Waals surface area (Å²) in [5, 5.41) is 7.35. The number of hydrogen-bond acceptors (Lipinski definition) is 2. The van der Waals surface area contributed by atoms with Crippen LogP contribution >= 0.6 is 0 Å². The predicted octanol–water partition coefficient (Wildman–Crippen LogP) is 4.03. The van der Waals surface area contributed by atoms with Gasteiger partial charge in [-0.15, -0.1) is 0 Å². The van der Waals surface area contributed by atoms with Crippen LogP contribution in [0.5, 0.6) is 0 Å². The van der Waals surface area contributed by atoms with Gasteiger partial charge in [-0.3, -0.25) is 9.59 Å². The van der Waals surface area contributed by atoms with Crippen LogP contribution in [0.2, 0.25) is 0 Å². The van der Waals surface area contributed by atoms with E-state index in [1.807, 2.05) is 68.4 Å². The third-order valence-electron chi connectivity index (χ3n) is 3.69. The van der Waals surface area contributed by atoms with Gasteiger partial charge in [-0.2, -0.15) is 0 Å². The lowest BCUT2D eigenvalue weighted by Gasteiger charge is -2.09. The number of fused-ring (bicyclic) bond motifs is 1. The van der Waals surface area contributed by atoms with Crippen molar-refractivity contribution in [1.82, 2.24) is 0 Å².